The van der Waals surface area contributed by atoms with Crippen LogP contribution in [0.3, 0.4) is 0 Å². The second-order valence-corrected chi connectivity index (χ2v) is 15.2. The zero-order chi connectivity index (χ0) is 44.4. The highest BCUT2D eigenvalue weighted by molar-refractivity contribution is 6.12. The minimum absolute atomic E-state index is 0.218. The standard InChI is InChI=1S/C57H30N8/c1-61-43-27-42(35-60)55(52(31-43)62-2)38-25-26-54-47(28-38)46-23-13-14-24-53(46)65(54)56-48(44-21-11-9-19-39(44)33-58)29-41(30-49(56)45-22-12-10-20-40(45)34-59)51-32-50(36-15-5-3-6-16-36)63-57(64-51)37-17-7-4-8-18-37/h3-32H. The molecule has 0 aliphatic carbocycles. The lowest BCUT2D eigenvalue weighted by Gasteiger charge is -2.22. The van der Waals surface area contributed by atoms with E-state index in [2.05, 4.69) is 44.6 Å². The van der Waals surface area contributed by atoms with Crippen LogP contribution in [-0.2, 0) is 0 Å². The van der Waals surface area contributed by atoms with Crippen molar-refractivity contribution in [1.82, 2.24) is 14.5 Å². The third-order valence-corrected chi connectivity index (χ3v) is 11.6. The average molecular weight is 827 g/mol. The van der Waals surface area contributed by atoms with Gasteiger partial charge in [-0.05, 0) is 60.2 Å². The first-order chi connectivity index (χ1) is 32.0. The fraction of sp³-hybridized carbons (Fsp3) is 0. The normalized spacial score (nSPS) is 10.7. The largest absolute Gasteiger partial charge is 0.308 e. The van der Waals surface area contributed by atoms with Gasteiger partial charge < -0.3 is 4.57 Å². The van der Waals surface area contributed by atoms with Crippen molar-refractivity contribution in [2.75, 3.05) is 0 Å². The molecule has 0 unspecified atom stereocenters. The molecule has 0 amide bonds. The van der Waals surface area contributed by atoms with E-state index in [9.17, 15) is 15.8 Å². The summed E-state index contributed by atoms with van der Waals surface area (Å²) in [5.74, 6) is 0.548. The number of hydrogen-bond acceptors (Lipinski definition) is 5. The maximum absolute atomic E-state index is 10.7. The second-order valence-electron chi connectivity index (χ2n) is 15.2. The van der Waals surface area contributed by atoms with Crippen LogP contribution in [0.15, 0.2) is 182 Å². The summed E-state index contributed by atoms with van der Waals surface area (Å²) < 4.78 is 2.18. The Kier molecular flexibility index (Phi) is 9.97. The molecule has 0 bridgehead atoms. The van der Waals surface area contributed by atoms with Crippen LogP contribution in [0.5, 0.6) is 0 Å². The zero-order valence-corrected chi connectivity index (χ0v) is 34.4. The predicted octanol–water partition coefficient (Wildman–Crippen LogP) is 14.3. The van der Waals surface area contributed by atoms with Crippen molar-refractivity contribution in [1.29, 1.82) is 15.8 Å². The van der Waals surface area contributed by atoms with Crippen LogP contribution in [0.25, 0.3) is 104 Å². The van der Waals surface area contributed by atoms with Crippen LogP contribution >= 0.6 is 0 Å². The maximum Gasteiger partial charge on any atom is 0.186 e. The Bertz CT molecular complexity index is 3600. The molecule has 2 heterocycles. The van der Waals surface area contributed by atoms with Crippen LogP contribution in [0, 0.1) is 47.1 Å². The Morgan fingerprint density at radius 2 is 0.985 bits per heavy atom. The number of para-hydroxylation sites is 1. The molecule has 0 saturated heterocycles. The molecule has 8 nitrogen and oxygen atoms in total. The van der Waals surface area contributed by atoms with Gasteiger partial charge >= 0.3 is 0 Å². The van der Waals surface area contributed by atoms with E-state index in [1.54, 1.807) is 12.1 Å². The molecule has 2 aromatic heterocycles. The molecule has 0 atom stereocenters. The van der Waals surface area contributed by atoms with E-state index < -0.39 is 0 Å². The van der Waals surface area contributed by atoms with Crippen molar-refractivity contribution < 1.29 is 0 Å². The zero-order valence-electron chi connectivity index (χ0n) is 34.4. The van der Waals surface area contributed by atoms with Gasteiger partial charge in [0.2, 0.25) is 0 Å². The van der Waals surface area contributed by atoms with Gasteiger partial charge in [0, 0.05) is 60.8 Å². The average Bonchev–Trinajstić information content (AvgIpc) is 3.71. The molecule has 0 radical (unpaired) electrons. The van der Waals surface area contributed by atoms with E-state index in [1.165, 1.54) is 12.1 Å². The molecule has 10 rings (SSSR count). The molecule has 0 fully saturated rings. The first kappa shape index (κ1) is 39.2. The number of nitriles is 3. The Labute approximate surface area is 374 Å². The van der Waals surface area contributed by atoms with Crippen molar-refractivity contribution in [2.24, 2.45) is 0 Å². The lowest BCUT2D eigenvalue weighted by atomic mass is 9.88. The van der Waals surface area contributed by atoms with E-state index in [0.29, 0.717) is 44.9 Å². The first-order valence-electron chi connectivity index (χ1n) is 20.6. The van der Waals surface area contributed by atoms with Gasteiger partial charge in [-0.3, -0.25) is 0 Å². The van der Waals surface area contributed by atoms with E-state index >= 15 is 0 Å². The topological polar surface area (TPSA) is 111 Å². The van der Waals surface area contributed by atoms with Crippen LogP contribution in [0.1, 0.15) is 16.7 Å². The number of nitrogens with zero attached hydrogens (tertiary/aromatic N) is 8. The number of aromatic nitrogens is 3. The molecular formula is C57H30N8. The quantitative estimate of drug-likeness (QED) is 0.149. The fourth-order valence-electron chi connectivity index (χ4n) is 8.66. The third-order valence-electron chi connectivity index (χ3n) is 11.6. The second kappa shape index (κ2) is 16.5. The fourth-order valence-corrected chi connectivity index (χ4v) is 8.66. The van der Waals surface area contributed by atoms with Crippen LogP contribution < -0.4 is 0 Å². The van der Waals surface area contributed by atoms with Gasteiger partial charge in [0.25, 0.3) is 0 Å². The molecule has 0 aliphatic heterocycles. The molecule has 8 heteroatoms. The molecular weight excluding hydrogens is 797 g/mol. The number of fused-ring (bicyclic) bond motifs is 3. The van der Waals surface area contributed by atoms with Gasteiger partial charge in [0.15, 0.2) is 17.2 Å². The van der Waals surface area contributed by atoms with Crippen molar-refractivity contribution in [3.8, 4) is 91.2 Å². The monoisotopic (exact) mass is 826 g/mol. The van der Waals surface area contributed by atoms with Crippen molar-refractivity contribution in [3.63, 3.8) is 0 Å². The molecule has 298 valence electrons. The summed E-state index contributed by atoms with van der Waals surface area (Å²) in [7, 11) is 0. The Morgan fingerprint density at radius 3 is 1.60 bits per heavy atom. The minimum atomic E-state index is 0.218. The van der Waals surface area contributed by atoms with E-state index in [0.717, 1.165) is 61.0 Å². The third kappa shape index (κ3) is 6.88. The van der Waals surface area contributed by atoms with Crippen LogP contribution in [-0.4, -0.2) is 14.5 Å². The Morgan fingerprint density at radius 1 is 0.431 bits per heavy atom. The predicted molar refractivity (Wildman–Crippen MR) is 256 cm³/mol. The lowest BCUT2D eigenvalue weighted by molar-refractivity contribution is 1.17. The van der Waals surface area contributed by atoms with Crippen LogP contribution in [0.2, 0.25) is 0 Å². The molecule has 0 N–H and O–H groups in total. The van der Waals surface area contributed by atoms with Gasteiger partial charge in [-0.2, -0.15) is 15.8 Å². The van der Waals surface area contributed by atoms with E-state index in [4.69, 9.17) is 23.1 Å². The summed E-state index contributed by atoms with van der Waals surface area (Å²) >= 11 is 0. The number of hydrogen-bond donors (Lipinski definition) is 0. The molecule has 10 aromatic rings. The highest BCUT2D eigenvalue weighted by Gasteiger charge is 2.25. The number of benzene rings is 8. The van der Waals surface area contributed by atoms with E-state index in [-0.39, 0.29) is 16.9 Å². The summed E-state index contributed by atoms with van der Waals surface area (Å²) in [6.45, 7) is 15.6. The maximum atomic E-state index is 10.7. The van der Waals surface area contributed by atoms with Gasteiger partial charge in [-0.25, -0.2) is 19.7 Å². The van der Waals surface area contributed by atoms with Gasteiger partial charge in [-0.1, -0.05) is 127 Å². The SMILES string of the molecule is [C-]#[N+]c1cc(C#N)c(-c2ccc3c(c2)c2ccccc2n3-c2c(-c3ccccc3C#N)cc(-c3cc(-c4ccccc4)nc(-c4ccccc4)n3)cc2-c2ccccc2C#N)c([N+]#[C-])c1. The highest BCUT2D eigenvalue weighted by Crippen LogP contribution is 2.47. The minimum Gasteiger partial charge on any atom is -0.308 e. The number of rotatable bonds is 7. The first-order valence-corrected chi connectivity index (χ1v) is 20.6. The summed E-state index contributed by atoms with van der Waals surface area (Å²) in [5, 5.41) is 33.4. The van der Waals surface area contributed by atoms with Crippen molar-refractivity contribution >= 4 is 33.2 Å². The Hall–Kier alpha value is -9.91. The molecule has 0 saturated carbocycles. The van der Waals surface area contributed by atoms with Gasteiger partial charge in [-0.15, -0.1) is 0 Å². The Balaban J connectivity index is 1.34. The smallest absolute Gasteiger partial charge is 0.186 e. The van der Waals surface area contributed by atoms with Crippen molar-refractivity contribution in [3.05, 3.63) is 222 Å². The summed E-state index contributed by atoms with van der Waals surface area (Å²) in [6.07, 6.45) is 0. The van der Waals surface area contributed by atoms with E-state index in [1.807, 2.05) is 146 Å². The summed E-state index contributed by atoms with van der Waals surface area (Å²) in [6, 6.07) is 65.0. The molecule has 8 aromatic carbocycles. The van der Waals surface area contributed by atoms with Crippen molar-refractivity contribution in [2.45, 2.75) is 0 Å². The summed E-state index contributed by atoms with van der Waals surface area (Å²) in [4.78, 5) is 17.5. The molecule has 0 aliphatic rings. The van der Waals surface area contributed by atoms with Crippen LogP contribution in [0.4, 0.5) is 11.4 Å². The lowest BCUT2D eigenvalue weighted by Crippen LogP contribution is -2.04. The van der Waals surface area contributed by atoms with Gasteiger partial charge in [0.05, 0.1) is 70.6 Å². The van der Waals surface area contributed by atoms with Gasteiger partial charge in [0.1, 0.15) is 0 Å². The molecule has 0 spiro atoms. The summed E-state index contributed by atoms with van der Waals surface area (Å²) in [5.41, 5.74) is 11.9. The molecule has 65 heavy (non-hydrogen) atoms. The highest BCUT2D eigenvalue weighted by atomic mass is 15.0.